The molecule has 30 heavy (non-hydrogen) atoms. The fourth-order valence-electron chi connectivity index (χ4n) is 3.62. The minimum absolute atomic E-state index is 0.827. The molecule has 0 spiro atoms. The van der Waals surface area contributed by atoms with E-state index in [9.17, 15) is 0 Å². The molecule has 5 rings (SSSR count). The van der Waals surface area contributed by atoms with Gasteiger partial charge in [0, 0.05) is 18.8 Å². The van der Waals surface area contributed by atoms with Crippen LogP contribution < -0.4 is 4.90 Å². The highest BCUT2D eigenvalue weighted by molar-refractivity contribution is 5.78. The summed E-state index contributed by atoms with van der Waals surface area (Å²) in [5.74, 6) is 0. The Balaban J connectivity index is 1.50. The van der Waals surface area contributed by atoms with Crippen LogP contribution >= 0.6 is 0 Å². The molecule has 0 N–H and O–H groups in total. The lowest BCUT2D eigenvalue weighted by molar-refractivity contribution is 0.765. The van der Waals surface area contributed by atoms with Crippen molar-refractivity contribution in [2.45, 2.75) is 13.1 Å². The smallest absolute Gasteiger partial charge is 0.115 e. The second kappa shape index (κ2) is 8.21. The molecule has 0 aliphatic heterocycles. The Morgan fingerprint density at radius 1 is 0.567 bits per heavy atom. The van der Waals surface area contributed by atoms with E-state index in [2.05, 4.69) is 88.9 Å². The van der Waals surface area contributed by atoms with Gasteiger partial charge in [0.05, 0.1) is 5.69 Å². The SMILES string of the molecule is c1ccc(CN(Cc2ccccc2)c2ccc3nn(-c4ccccc4)nc3c2)cc1. The third kappa shape index (κ3) is 3.94. The fraction of sp³-hybridized carbons (Fsp3) is 0.0769. The van der Waals surface area contributed by atoms with Crippen LogP contribution in [0.1, 0.15) is 11.1 Å². The number of nitrogens with zero attached hydrogens (tertiary/aromatic N) is 4. The van der Waals surface area contributed by atoms with Gasteiger partial charge in [0.25, 0.3) is 0 Å². The molecule has 4 heteroatoms. The van der Waals surface area contributed by atoms with Crippen molar-refractivity contribution >= 4 is 16.7 Å². The van der Waals surface area contributed by atoms with Crippen molar-refractivity contribution in [1.29, 1.82) is 0 Å². The Hall–Kier alpha value is -3.92. The largest absolute Gasteiger partial charge is 0.363 e. The third-order valence-corrected chi connectivity index (χ3v) is 5.15. The van der Waals surface area contributed by atoms with Gasteiger partial charge in [-0.3, -0.25) is 0 Å². The molecule has 0 atom stereocenters. The second-order valence-electron chi connectivity index (χ2n) is 7.33. The summed E-state index contributed by atoms with van der Waals surface area (Å²) in [4.78, 5) is 4.08. The maximum absolute atomic E-state index is 4.72. The van der Waals surface area contributed by atoms with Crippen molar-refractivity contribution in [2.75, 3.05) is 4.90 Å². The van der Waals surface area contributed by atoms with E-state index in [1.807, 2.05) is 30.3 Å². The van der Waals surface area contributed by atoms with Gasteiger partial charge in [0.15, 0.2) is 0 Å². The number of hydrogen-bond acceptors (Lipinski definition) is 3. The summed E-state index contributed by atoms with van der Waals surface area (Å²) in [6.07, 6.45) is 0. The van der Waals surface area contributed by atoms with E-state index in [1.165, 1.54) is 11.1 Å². The molecule has 0 unspecified atom stereocenters. The van der Waals surface area contributed by atoms with Gasteiger partial charge in [-0.05, 0) is 41.5 Å². The summed E-state index contributed by atoms with van der Waals surface area (Å²) in [5, 5.41) is 9.36. The molecule has 146 valence electrons. The molecule has 0 fully saturated rings. The third-order valence-electron chi connectivity index (χ3n) is 5.15. The van der Waals surface area contributed by atoms with Crippen LogP contribution in [0.2, 0.25) is 0 Å². The molecule has 0 amide bonds. The van der Waals surface area contributed by atoms with Crippen molar-refractivity contribution in [2.24, 2.45) is 0 Å². The predicted octanol–water partition coefficient (Wildman–Crippen LogP) is 5.63. The van der Waals surface area contributed by atoms with E-state index in [4.69, 9.17) is 5.10 Å². The van der Waals surface area contributed by atoms with Gasteiger partial charge in [-0.2, -0.15) is 4.80 Å². The molecule has 0 bridgehead atoms. The molecule has 0 aliphatic rings. The second-order valence-corrected chi connectivity index (χ2v) is 7.33. The minimum Gasteiger partial charge on any atom is -0.363 e. The lowest BCUT2D eigenvalue weighted by Gasteiger charge is -2.25. The van der Waals surface area contributed by atoms with E-state index in [0.717, 1.165) is 35.5 Å². The van der Waals surface area contributed by atoms with Gasteiger partial charge in [-0.1, -0.05) is 78.9 Å². The molecule has 0 radical (unpaired) electrons. The number of hydrogen-bond donors (Lipinski definition) is 0. The zero-order valence-corrected chi connectivity index (χ0v) is 16.6. The van der Waals surface area contributed by atoms with Crippen molar-refractivity contribution in [3.05, 3.63) is 120 Å². The molecule has 4 nitrogen and oxygen atoms in total. The van der Waals surface area contributed by atoms with Gasteiger partial charge >= 0.3 is 0 Å². The first kappa shape index (κ1) is 18.1. The standard InChI is InChI=1S/C26H22N4/c1-4-10-21(11-5-1)19-29(20-22-12-6-2-7-13-22)24-16-17-25-26(18-24)28-30(27-25)23-14-8-3-9-15-23/h1-18H,19-20H2. The molecule has 5 aromatic rings. The molecule has 0 saturated carbocycles. The highest BCUT2D eigenvalue weighted by Crippen LogP contribution is 2.24. The summed E-state index contributed by atoms with van der Waals surface area (Å²) in [5.41, 5.74) is 6.43. The molecule has 4 aromatic carbocycles. The van der Waals surface area contributed by atoms with Crippen LogP contribution in [0, 0.1) is 0 Å². The van der Waals surface area contributed by atoms with E-state index >= 15 is 0 Å². The molecule has 0 aliphatic carbocycles. The van der Waals surface area contributed by atoms with Crippen LogP contribution in [0.5, 0.6) is 0 Å². The highest BCUT2D eigenvalue weighted by atomic mass is 15.5. The van der Waals surface area contributed by atoms with Crippen LogP contribution in [0.25, 0.3) is 16.7 Å². The van der Waals surface area contributed by atoms with E-state index in [-0.39, 0.29) is 0 Å². The molecule has 0 saturated heterocycles. The first-order valence-corrected chi connectivity index (χ1v) is 10.1. The van der Waals surface area contributed by atoms with Gasteiger partial charge in [0.2, 0.25) is 0 Å². The summed E-state index contributed by atoms with van der Waals surface area (Å²) >= 11 is 0. The number of fused-ring (bicyclic) bond motifs is 1. The Morgan fingerprint density at radius 3 is 1.70 bits per heavy atom. The van der Waals surface area contributed by atoms with Crippen molar-refractivity contribution in [3.8, 4) is 5.69 Å². The number of benzene rings is 4. The zero-order valence-electron chi connectivity index (χ0n) is 16.6. The lowest BCUT2D eigenvalue weighted by Crippen LogP contribution is -2.22. The van der Waals surface area contributed by atoms with Crippen LogP contribution in [0.15, 0.2) is 109 Å². The first-order chi connectivity index (χ1) is 14.8. The van der Waals surface area contributed by atoms with Crippen LogP contribution in [-0.4, -0.2) is 15.0 Å². The van der Waals surface area contributed by atoms with Gasteiger partial charge < -0.3 is 4.90 Å². The zero-order chi connectivity index (χ0) is 20.2. The maximum atomic E-state index is 4.72. The highest BCUT2D eigenvalue weighted by Gasteiger charge is 2.12. The quantitative estimate of drug-likeness (QED) is 0.377. The van der Waals surface area contributed by atoms with Crippen LogP contribution in [0.3, 0.4) is 0 Å². The molecule has 1 heterocycles. The predicted molar refractivity (Wildman–Crippen MR) is 122 cm³/mol. The Kier molecular flexibility index (Phi) is 4.96. The van der Waals surface area contributed by atoms with Crippen LogP contribution in [0.4, 0.5) is 5.69 Å². The van der Waals surface area contributed by atoms with Crippen molar-refractivity contribution in [1.82, 2.24) is 15.0 Å². The summed E-state index contributed by atoms with van der Waals surface area (Å²) in [6.45, 7) is 1.65. The Morgan fingerprint density at radius 2 is 1.10 bits per heavy atom. The number of rotatable bonds is 6. The number of aromatic nitrogens is 3. The summed E-state index contributed by atoms with van der Waals surface area (Å²) in [6, 6.07) is 37.5. The van der Waals surface area contributed by atoms with Crippen molar-refractivity contribution in [3.63, 3.8) is 0 Å². The Bertz CT molecular complexity index is 1190. The number of anilines is 1. The summed E-state index contributed by atoms with van der Waals surface area (Å²) in [7, 11) is 0. The molecular weight excluding hydrogens is 368 g/mol. The Labute approximate surface area is 176 Å². The van der Waals surface area contributed by atoms with E-state index in [1.54, 1.807) is 4.80 Å². The summed E-state index contributed by atoms with van der Waals surface area (Å²) < 4.78 is 0. The van der Waals surface area contributed by atoms with Gasteiger partial charge in [-0.15, -0.1) is 10.2 Å². The lowest BCUT2D eigenvalue weighted by atomic mass is 10.1. The van der Waals surface area contributed by atoms with Crippen molar-refractivity contribution < 1.29 is 0 Å². The minimum atomic E-state index is 0.827. The van der Waals surface area contributed by atoms with Gasteiger partial charge in [-0.25, -0.2) is 0 Å². The number of para-hydroxylation sites is 1. The van der Waals surface area contributed by atoms with Gasteiger partial charge in [0.1, 0.15) is 11.0 Å². The fourth-order valence-corrected chi connectivity index (χ4v) is 3.62. The van der Waals surface area contributed by atoms with Crippen LogP contribution in [-0.2, 0) is 13.1 Å². The monoisotopic (exact) mass is 390 g/mol. The van der Waals surface area contributed by atoms with E-state index < -0.39 is 0 Å². The van der Waals surface area contributed by atoms with E-state index in [0.29, 0.717) is 0 Å². The first-order valence-electron chi connectivity index (χ1n) is 10.1. The molecule has 1 aromatic heterocycles. The topological polar surface area (TPSA) is 34.0 Å². The average molecular weight is 390 g/mol. The maximum Gasteiger partial charge on any atom is 0.115 e. The normalized spacial score (nSPS) is 10.9. The average Bonchev–Trinajstić information content (AvgIpc) is 3.24. The molecular formula is C26H22N4.